The number of carbonyl (C=O) groups excluding carboxylic acids is 3. The highest BCUT2D eigenvalue weighted by Crippen LogP contribution is 2.38. The van der Waals surface area contributed by atoms with Gasteiger partial charge in [0.05, 0.1) is 31.3 Å². The van der Waals surface area contributed by atoms with E-state index in [1.165, 1.54) is 0 Å². The van der Waals surface area contributed by atoms with Gasteiger partial charge in [-0.05, 0) is 23.3 Å². The molecule has 7 nitrogen and oxygen atoms in total. The lowest BCUT2D eigenvalue weighted by molar-refractivity contribution is -0.143. The molecule has 1 fully saturated rings. The number of benzene rings is 2. The number of halogens is 1. The van der Waals surface area contributed by atoms with Crippen molar-refractivity contribution in [1.29, 1.82) is 0 Å². The number of urea groups is 1. The van der Waals surface area contributed by atoms with E-state index < -0.39 is 17.8 Å². The molecule has 0 atom stereocenters. The quantitative estimate of drug-likeness (QED) is 0.582. The van der Waals surface area contributed by atoms with Crippen LogP contribution < -0.4 is 9.47 Å². The zero-order chi connectivity index (χ0) is 19.7. The van der Waals surface area contributed by atoms with Gasteiger partial charge in [0, 0.05) is 6.42 Å². The summed E-state index contributed by atoms with van der Waals surface area (Å²) in [6, 6.07) is 11.7. The largest absolute Gasteiger partial charge is 0.489 e. The van der Waals surface area contributed by atoms with Crippen molar-refractivity contribution < 1.29 is 23.9 Å². The topological polar surface area (TPSA) is 76.1 Å². The molecule has 1 saturated heterocycles. The van der Waals surface area contributed by atoms with Gasteiger partial charge in [-0.2, -0.15) is 0 Å². The van der Waals surface area contributed by atoms with Crippen LogP contribution in [0.1, 0.15) is 17.5 Å². The summed E-state index contributed by atoms with van der Waals surface area (Å²) >= 11 is 6.27. The number of fused-ring (bicyclic) bond motifs is 1. The van der Waals surface area contributed by atoms with Crippen LogP contribution in [0.2, 0.25) is 5.02 Å². The Morgan fingerprint density at radius 2 is 1.50 bits per heavy atom. The summed E-state index contributed by atoms with van der Waals surface area (Å²) in [5, 5.41) is 0.334. The van der Waals surface area contributed by atoms with E-state index in [0.717, 1.165) is 21.8 Å². The van der Waals surface area contributed by atoms with Gasteiger partial charge in [0.1, 0.15) is 0 Å². The van der Waals surface area contributed by atoms with Crippen molar-refractivity contribution in [2.75, 3.05) is 13.2 Å². The normalized spacial score (nSPS) is 16.5. The van der Waals surface area contributed by atoms with Gasteiger partial charge in [-0.1, -0.05) is 41.9 Å². The molecule has 0 aromatic heterocycles. The first-order valence-electron chi connectivity index (χ1n) is 8.84. The number of hydrogen-bond donors (Lipinski definition) is 0. The molecule has 2 aromatic carbocycles. The second-order valence-electron chi connectivity index (χ2n) is 6.51. The average molecular weight is 401 g/mol. The minimum absolute atomic E-state index is 0.0443. The van der Waals surface area contributed by atoms with E-state index in [2.05, 4.69) is 0 Å². The van der Waals surface area contributed by atoms with E-state index in [1.54, 1.807) is 36.4 Å². The summed E-state index contributed by atoms with van der Waals surface area (Å²) < 4.78 is 11.2. The molecule has 28 heavy (non-hydrogen) atoms. The summed E-state index contributed by atoms with van der Waals surface area (Å²) in [4.78, 5) is 39.2. The van der Waals surface area contributed by atoms with Crippen LogP contribution in [-0.4, -0.2) is 40.9 Å². The third kappa shape index (κ3) is 3.41. The number of amides is 4. The van der Waals surface area contributed by atoms with Crippen LogP contribution in [0, 0.1) is 0 Å². The van der Waals surface area contributed by atoms with Crippen LogP contribution in [0.15, 0.2) is 42.5 Å². The Hall–Kier alpha value is -3.06. The number of imide groups is 2. The number of carbonyl (C=O) groups is 3. The van der Waals surface area contributed by atoms with Gasteiger partial charge in [0.15, 0.2) is 11.5 Å². The molecule has 0 unspecified atom stereocenters. The van der Waals surface area contributed by atoms with Gasteiger partial charge in [0.2, 0.25) is 0 Å². The maximum Gasteiger partial charge on any atom is 0.334 e. The van der Waals surface area contributed by atoms with Crippen molar-refractivity contribution >= 4 is 29.4 Å². The first-order valence-corrected chi connectivity index (χ1v) is 9.21. The highest BCUT2D eigenvalue weighted by Gasteiger charge is 2.44. The molecule has 2 heterocycles. The predicted molar refractivity (Wildman–Crippen MR) is 100.0 cm³/mol. The zero-order valence-corrected chi connectivity index (χ0v) is 15.6. The lowest BCUT2D eigenvalue weighted by Gasteiger charge is -2.17. The second kappa shape index (κ2) is 7.52. The second-order valence-corrected chi connectivity index (χ2v) is 6.91. The molecule has 0 aliphatic carbocycles. The summed E-state index contributed by atoms with van der Waals surface area (Å²) in [6.07, 6.45) is 0.729. The van der Waals surface area contributed by atoms with Gasteiger partial charge < -0.3 is 9.47 Å². The fraction of sp³-hybridized carbons (Fsp3) is 0.250. The van der Waals surface area contributed by atoms with Crippen molar-refractivity contribution in [3.63, 3.8) is 0 Å². The molecule has 144 valence electrons. The van der Waals surface area contributed by atoms with E-state index in [4.69, 9.17) is 21.1 Å². The number of hydrogen-bond acceptors (Lipinski definition) is 5. The molecule has 2 aliphatic heterocycles. The Balaban J connectivity index is 1.56. The fourth-order valence-electron chi connectivity index (χ4n) is 3.15. The Morgan fingerprint density at radius 1 is 0.857 bits per heavy atom. The average Bonchev–Trinajstić information content (AvgIpc) is 2.89. The van der Waals surface area contributed by atoms with Gasteiger partial charge in [-0.15, -0.1) is 0 Å². The third-order valence-corrected chi connectivity index (χ3v) is 4.80. The molecular weight excluding hydrogens is 384 g/mol. The molecule has 8 heteroatoms. The molecule has 0 radical (unpaired) electrons. The zero-order valence-electron chi connectivity index (χ0n) is 14.9. The number of nitrogens with zero attached hydrogens (tertiary/aromatic N) is 2. The number of rotatable bonds is 4. The summed E-state index contributed by atoms with van der Waals surface area (Å²) in [5.41, 5.74) is 1.34. The van der Waals surface area contributed by atoms with Crippen LogP contribution in [0.25, 0.3) is 0 Å². The summed E-state index contributed by atoms with van der Waals surface area (Å²) in [7, 11) is 0. The van der Waals surface area contributed by atoms with Crippen LogP contribution in [-0.2, 0) is 22.7 Å². The van der Waals surface area contributed by atoms with Crippen molar-refractivity contribution in [2.45, 2.75) is 19.5 Å². The summed E-state index contributed by atoms with van der Waals surface area (Å²) in [6.45, 7) is 0.948. The fourth-order valence-corrected chi connectivity index (χ4v) is 3.44. The van der Waals surface area contributed by atoms with Gasteiger partial charge >= 0.3 is 17.8 Å². The maximum absolute atomic E-state index is 12.7. The highest BCUT2D eigenvalue weighted by molar-refractivity contribution is 6.44. The number of ether oxygens (including phenoxy) is 2. The SMILES string of the molecule is O=C1C(=O)N(Cc2cc(Cl)c3c(c2)OCCCO3)C(=O)N1Cc1ccccc1. The van der Waals surface area contributed by atoms with E-state index >= 15 is 0 Å². The van der Waals surface area contributed by atoms with E-state index in [9.17, 15) is 14.4 Å². The molecule has 2 aliphatic rings. The van der Waals surface area contributed by atoms with Crippen LogP contribution in [0.4, 0.5) is 4.79 Å². The first-order chi connectivity index (χ1) is 13.5. The molecule has 0 N–H and O–H groups in total. The maximum atomic E-state index is 12.7. The van der Waals surface area contributed by atoms with E-state index in [0.29, 0.717) is 35.3 Å². The standard InChI is InChI=1S/C20H17ClN2O5/c21-15-9-14(10-16-17(15)28-8-4-7-27-16)12-23-19(25)18(24)22(20(23)26)11-13-5-2-1-3-6-13/h1-3,5-6,9-10H,4,7-8,11-12H2. The summed E-state index contributed by atoms with van der Waals surface area (Å²) in [5.74, 6) is -0.784. The first kappa shape index (κ1) is 18.3. The smallest absolute Gasteiger partial charge is 0.334 e. The van der Waals surface area contributed by atoms with Gasteiger partial charge in [-0.3, -0.25) is 19.4 Å². The molecule has 0 bridgehead atoms. The minimum atomic E-state index is -0.857. The van der Waals surface area contributed by atoms with Crippen LogP contribution >= 0.6 is 11.6 Å². The van der Waals surface area contributed by atoms with E-state index in [-0.39, 0.29) is 13.1 Å². The minimum Gasteiger partial charge on any atom is -0.489 e. The van der Waals surface area contributed by atoms with Crippen LogP contribution in [0.5, 0.6) is 11.5 Å². The van der Waals surface area contributed by atoms with Crippen molar-refractivity contribution in [3.8, 4) is 11.5 Å². The molecule has 2 aromatic rings. The van der Waals surface area contributed by atoms with Crippen molar-refractivity contribution in [2.24, 2.45) is 0 Å². The Labute approximate surface area is 166 Å². The molecule has 0 saturated carbocycles. The molecule has 4 rings (SSSR count). The Kier molecular flexibility index (Phi) is 4.92. The predicted octanol–water partition coefficient (Wildman–Crippen LogP) is 2.99. The monoisotopic (exact) mass is 400 g/mol. The Morgan fingerprint density at radius 3 is 2.21 bits per heavy atom. The van der Waals surface area contributed by atoms with E-state index in [1.807, 2.05) is 6.07 Å². The lowest BCUT2D eigenvalue weighted by atomic mass is 10.2. The molecule has 4 amide bonds. The Bertz CT molecular complexity index is 947. The molecular formula is C20H17ClN2O5. The lowest BCUT2D eigenvalue weighted by Crippen LogP contribution is -2.32. The van der Waals surface area contributed by atoms with Crippen LogP contribution in [0.3, 0.4) is 0 Å². The van der Waals surface area contributed by atoms with Crippen molar-refractivity contribution in [1.82, 2.24) is 9.80 Å². The highest BCUT2D eigenvalue weighted by atomic mass is 35.5. The third-order valence-electron chi connectivity index (χ3n) is 4.52. The van der Waals surface area contributed by atoms with Crippen molar-refractivity contribution in [3.05, 3.63) is 58.6 Å². The molecule has 0 spiro atoms. The van der Waals surface area contributed by atoms with Gasteiger partial charge in [-0.25, -0.2) is 4.79 Å². The van der Waals surface area contributed by atoms with Gasteiger partial charge in [0.25, 0.3) is 0 Å².